The minimum Gasteiger partial charge on any atom is -0.462 e. The van der Waals surface area contributed by atoms with E-state index in [1.165, 1.54) is 5.56 Å². The molecule has 2 atom stereocenters. The third-order valence-corrected chi connectivity index (χ3v) is 3.63. The van der Waals surface area contributed by atoms with Gasteiger partial charge in [-0.25, -0.2) is 0 Å². The number of furan rings is 1. The molecule has 1 aromatic carbocycles. The van der Waals surface area contributed by atoms with Crippen LogP contribution in [0.5, 0.6) is 0 Å². The Morgan fingerprint density at radius 2 is 1.90 bits per heavy atom. The quantitative estimate of drug-likeness (QED) is 0.878. The lowest BCUT2D eigenvalue weighted by molar-refractivity contribution is 0.0980. The Hall–Kier alpha value is -1.62. The third-order valence-electron chi connectivity index (χ3n) is 3.63. The number of rotatable bonds is 5. The van der Waals surface area contributed by atoms with Crippen LogP contribution in [-0.4, -0.2) is 17.8 Å². The number of aliphatic hydroxyl groups excluding tert-OH is 1. The van der Waals surface area contributed by atoms with Gasteiger partial charge in [0.2, 0.25) is 0 Å². The maximum Gasteiger partial charge on any atom is 0.129 e. The molecule has 0 amide bonds. The van der Waals surface area contributed by atoms with Crippen molar-refractivity contribution in [3.8, 4) is 0 Å². The van der Waals surface area contributed by atoms with Gasteiger partial charge in [-0.15, -0.1) is 0 Å². The van der Waals surface area contributed by atoms with E-state index in [2.05, 4.69) is 17.4 Å². The number of benzene rings is 1. The van der Waals surface area contributed by atoms with Gasteiger partial charge < -0.3 is 19.6 Å². The summed E-state index contributed by atoms with van der Waals surface area (Å²) in [5.41, 5.74) is 1.21. The molecule has 1 aromatic heterocycles. The molecule has 0 radical (unpaired) electrons. The Balaban J connectivity index is 1.61. The van der Waals surface area contributed by atoms with Crippen LogP contribution in [0, 0.1) is 0 Å². The minimum absolute atomic E-state index is 0.0564. The topological polar surface area (TPSA) is 54.6 Å². The number of ether oxygens (including phenoxy) is 1. The van der Waals surface area contributed by atoms with Crippen molar-refractivity contribution < 1.29 is 14.3 Å². The lowest BCUT2D eigenvalue weighted by Crippen LogP contribution is -2.31. The first-order valence-electron chi connectivity index (χ1n) is 6.95. The molecule has 20 heavy (non-hydrogen) atoms. The normalized spacial score (nSPS) is 22.2. The third kappa shape index (κ3) is 2.93. The molecule has 1 aliphatic rings. The van der Waals surface area contributed by atoms with Gasteiger partial charge in [-0.05, 0) is 24.1 Å². The molecule has 2 heterocycles. The van der Waals surface area contributed by atoms with Gasteiger partial charge in [0.15, 0.2) is 0 Å². The summed E-state index contributed by atoms with van der Waals surface area (Å²) in [5, 5.41) is 12.5. The van der Waals surface area contributed by atoms with E-state index < -0.39 is 0 Å². The van der Waals surface area contributed by atoms with Crippen LogP contribution in [0.3, 0.4) is 0 Å². The Bertz CT molecular complexity index is 538. The summed E-state index contributed by atoms with van der Waals surface area (Å²) in [6.07, 6.45) is 1.09. The average molecular weight is 273 g/mol. The Labute approximate surface area is 118 Å². The highest BCUT2D eigenvalue weighted by Crippen LogP contribution is 2.29. The van der Waals surface area contributed by atoms with Crippen molar-refractivity contribution in [2.24, 2.45) is 0 Å². The second kappa shape index (κ2) is 6.22. The molecule has 1 aliphatic heterocycles. The summed E-state index contributed by atoms with van der Waals surface area (Å²) in [5.74, 6) is 1.44. The van der Waals surface area contributed by atoms with Gasteiger partial charge in [0.25, 0.3) is 0 Å². The number of aliphatic hydroxyl groups is 1. The number of hydrogen-bond acceptors (Lipinski definition) is 4. The van der Waals surface area contributed by atoms with Crippen molar-refractivity contribution in [3.05, 3.63) is 59.5 Å². The minimum atomic E-state index is -0.0564. The molecular weight excluding hydrogens is 254 g/mol. The maximum atomic E-state index is 8.99. The van der Waals surface area contributed by atoms with Gasteiger partial charge in [-0.3, -0.25) is 0 Å². The molecule has 3 rings (SSSR count). The van der Waals surface area contributed by atoms with Crippen LogP contribution < -0.4 is 5.32 Å². The molecular formula is C16H19NO3. The Morgan fingerprint density at radius 1 is 1.10 bits per heavy atom. The second-order valence-corrected chi connectivity index (χ2v) is 5.00. The van der Waals surface area contributed by atoms with Gasteiger partial charge in [0.05, 0.1) is 12.6 Å². The zero-order chi connectivity index (χ0) is 13.8. The van der Waals surface area contributed by atoms with E-state index >= 15 is 0 Å². The lowest BCUT2D eigenvalue weighted by Gasteiger charge is -2.19. The molecule has 0 unspecified atom stereocenters. The fourth-order valence-corrected chi connectivity index (χ4v) is 2.60. The standard InChI is InChI=1S/C16H19NO3/c18-11-14-7-6-13(20-14)10-17-15-8-9-19-16(15)12-4-2-1-3-5-12/h1-7,15-18H,8-11H2/t15-,16+/m0/s1. The first kappa shape index (κ1) is 13.4. The zero-order valence-corrected chi connectivity index (χ0v) is 11.3. The molecule has 2 aromatic rings. The van der Waals surface area contributed by atoms with Crippen LogP contribution in [0.15, 0.2) is 46.9 Å². The largest absolute Gasteiger partial charge is 0.462 e. The van der Waals surface area contributed by atoms with E-state index in [0.29, 0.717) is 18.3 Å². The monoisotopic (exact) mass is 273 g/mol. The van der Waals surface area contributed by atoms with Crippen molar-refractivity contribution in [3.63, 3.8) is 0 Å². The predicted octanol–water partition coefficient (Wildman–Crippen LogP) is 2.39. The van der Waals surface area contributed by atoms with E-state index in [4.69, 9.17) is 14.3 Å². The van der Waals surface area contributed by atoms with E-state index in [-0.39, 0.29) is 12.7 Å². The molecule has 2 N–H and O–H groups in total. The molecule has 106 valence electrons. The van der Waals surface area contributed by atoms with Gasteiger partial charge in [0, 0.05) is 12.6 Å². The van der Waals surface area contributed by atoms with Crippen LogP contribution in [-0.2, 0) is 17.9 Å². The van der Waals surface area contributed by atoms with Crippen LogP contribution in [0.2, 0.25) is 0 Å². The Morgan fingerprint density at radius 3 is 2.65 bits per heavy atom. The van der Waals surface area contributed by atoms with Crippen molar-refractivity contribution in [1.82, 2.24) is 5.32 Å². The molecule has 1 saturated heterocycles. The van der Waals surface area contributed by atoms with Crippen molar-refractivity contribution in [2.45, 2.75) is 31.7 Å². The van der Waals surface area contributed by atoms with Crippen LogP contribution in [0.1, 0.15) is 29.6 Å². The number of hydrogen-bond donors (Lipinski definition) is 2. The van der Waals surface area contributed by atoms with Gasteiger partial charge >= 0.3 is 0 Å². The van der Waals surface area contributed by atoms with Crippen molar-refractivity contribution in [2.75, 3.05) is 6.61 Å². The Kier molecular flexibility index (Phi) is 4.16. The van der Waals surface area contributed by atoms with E-state index in [1.807, 2.05) is 24.3 Å². The molecule has 0 saturated carbocycles. The first-order chi connectivity index (χ1) is 9.86. The summed E-state index contributed by atoms with van der Waals surface area (Å²) >= 11 is 0. The molecule has 4 nitrogen and oxygen atoms in total. The second-order valence-electron chi connectivity index (χ2n) is 5.00. The highest BCUT2D eigenvalue weighted by Gasteiger charge is 2.29. The fourth-order valence-electron chi connectivity index (χ4n) is 2.60. The smallest absolute Gasteiger partial charge is 0.129 e. The predicted molar refractivity (Wildman–Crippen MR) is 75.0 cm³/mol. The molecule has 0 bridgehead atoms. The average Bonchev–Trinajstić information content (AvgIpc) is 3.15. The van der Waals surface area contributed by atoms with Crippen LogP contribution in [0.4, 0.5) is 0 Å². The van der Waals surface area contributed by atoms with Gasteiger partial charge in [-0.1, -0.05) is 30.3 Å². The highest BCUT2D eigenvalue weighted by molar-refractivity contribution is 5.20. The first-order valence-corrected chi connectivity index (χ1v) is 6.95. The van der Waals surface area contributed by atoms with E-state index in [1.54, 1.807) is 6.07 Å². The summed E-state index contributed by atoms with van der Waals surface area (Å²) in [6, 6.07) is 14.3. The van der Waals surface area contributed by atoms with Crippen LogP contribution in [0.25, 0.3) is 0 Å². The molecule has 0 aliphatic carbocycles. The summed E-state index contributed by atoms with van der Waals surface area (Å²) in [6.45, 7) is 1.37. The molecule has 0 spiro atoms. The van der Waals surface area contributed by atoms with Crippen molar-refractivity contribution in [1.29, 1.82) is 0 Å². The number of nitrogens with one attached hydrogen (secondary N) is 1. The molecule has 1 fully saturated rings. The lowest BCUT2D eigenvalue weighted by atomic mass is 10.0. The SMILES string of the molecule is OCc1ccc(CN[C@H]2CCO[C@@H]2c2ccccc2)o1. The highest BCUT2D eigenvalue weighted by atomic mass is 16.5. The van der Waals surface area contributed by atoms with Gasteiger partial charge in [-0.2, -0.15) is 0 Å². The maximum absolute atomic E-state index is 8.99. The summed E-state index contributed by atoms with van der Waals surface area (Å²) in [7, 11) is 0. The summed E-state index contributed by atoms with van der Waals surface area (Å²) in [4.78, 5) is 0. The summed E-state index contributed by atoms with van der Waals surface area (Å²) < 4.78 is 11.3. The van der Waals surface area contributed by atoms with Gasteiger partial charge in [0.1, 0.15) is 18.1 Å². The van der Waals surface area contributed by atoms with E-state index in [9.17, 15) is 0 Å². The van der Waals surface area contributed by atoms with Crippen molar-refractivity contribution >= 4 is 0 Å². The molecule has 4 heteroatoms. The van der Waals surface area contributed by atoms with E-state index in [0.717, 1.165) is 18.8 Å². The van der Waals surface area contributed by atoms with Crippen LogP contribution >= 0.6 is 0 Å². The zero-order valence-electron chi connectivity index (χ0n) is 11.3. The fraction of sp³-hybridized carbons (Fsp3) is 0.375.